The van der Waals surface area contributed by atoms with Gasteiger partial charge in [-0.2, -0.15) is 0 Å². The lowest BCUT2D eigenvalue weighted by molar-refractivity contribution is -0.114. The molecule has 0 aliphatic carbocycles. The lowest BCUT2D eigenvalue weighted by Crippen LogP contribution is -2.38. The van der Waals surface area contributed by atoms with Crippen LogP contribution >= 0.6 is 11.6 Å². The zero-order chi connectivity index (χ0) is 25.6. The van der Waals surface area contributed by atoms with E-state index < -0.39 is 28.4 Å². The van der Waals surface area contributed by atoms with Crippen LogP contribution in [-0.2, 0) is 19.6 Å². The number of hydrogen-bond acceptors (Lipinski definition) is 6. The van der Waals surface area contributed by atoms with E-state index in [0.29, 0.717) is 5.69 Å². The van der Waals surface area contributed by atoms with E-state index in [0.717, 1.165) is 9.87 Å². The molecule has 0 atom stereocenters. The SMILES string of the molecule is CCOC(=O)c1ccc(NC(=O)CN(c2ccccc2OC)S(=O)(=O)c2ccc(C)cc2)cc1Cl. The Bertz CT molecular complexity index is 1330. The summed E-state index contributed by atoms with van der Waals surface area (Å²) in [5.41, 5.74) is 1.56. The molecular weight excluding hydrogens is 492 g/mol. The largest absolute Gasteiger partial charge is 0.495 e. The van der Waals surface area contributed by atoms with Crippen molar-refractivity contribution < 1.29 is 27.5 Å². The topological polar surface area (TPSA) is 102 Å². The molecular formula is C25H25ClN2O6S. The Labute approximate surface area is 209 Å². The summed E-state index contributed by atoms with van der Waals surface area (Å²) < 4.78 is 38.4. The van der Waals surface area contributed by atoms with Crippen LogP contribution in [0.4, 0.5) is 11.4 Å². The van der Waals surface area contributed by atoms with Crippen molar-refractivity contribution in [2.24, 2.45) is 0 Å². The van der Waals surface area contributed by atoms with Crippen LogP contribution in [0.5, 0.6) is 5.75 Å². The Hall–Kier alpha value is -3.56. The van der Waals surface area contributed by atoms with E-state index in [9.17, 15) is 18.0 Å². The van der Waals surface area contributed by atoms with E-state index >= 15 is 0 Å². The lowest BCUT2D eigenvalue weighted by atomic mass is 10.2. The van der Waals surface area contributed by atoms with Crippen LogP contribution in [0.15, 0.2) is 71.6 Å². The molecule has 1 amide bonds. The van der Waals surface area contributed by atoms with Gasteiger partial charge in [0.05, 0.1) is 34.9 Å². The number of esters is 1. The van der Waals surface area contributed by atoms with Crippen molar-refractivity contribution in [3.05, 3.63) is 82.9 Å². The van der Waals surface area contributed by atoms with Crippen molar-refractivity contribution in [2.45, 2.75) is 18.7 Å². The molecule has 0 heterocycles. The highest BCUT2D eigenvalue weighted by Gasteiger charge is 2.29. The van der Waals surface area contributed by atoms with E-state index in [2.05, 4.69) is 5.32 Å². The summed E-state index contributed by atoms with van der Waals surface area (Å²) in [5, 5.41) is 2.72. The highest BCUT2D eigenvalue weighted by Crippen LogP contribution is 2.32. The second-order valence-corrected chi connectivity index (χ2v) is 9.73. The number of methoxy groups -OCH3 is 1. The van der Waals surface area contributed by atoms with Gasteiger partial charge in [0, 0.05) is 5.69 Å². The zero-order valence-corrected chi connectivity index (χ0v) is 21.0. The molecule has 3 aromatic rings. The number of anilines is 2. The zero-order valence-electron chi connectivity index (χ0n) is 19.4. The van der Waals surface area contributed by atoms with Gasteiger partial charge in [-0.15, -0.1) is 0 Å². The number of amides is 1. The summed E-state index contributed by atoms with van der Waals surface area (Å²) in [5.74, 6) is -0.911. The van der Waals surface area contributed by atoms with Gasteiger partial charge >= 0.3 is 5.97 Å². The molecule has 10 heteroatoms. The number of carbonyl (C=O) groups is 2. The van der Waals surface area contributed by atoms with Gasteiger partial charge in [-0.05, 0) is 56.3 Å². The number of nitrogens with zero attached hydrogens (tertiary/aromatic N) is 1. The molecule has 0 spiro atoms. The van der Waals surface area contributed by atoms with Gasteiger partial charge in [0.15, 0.2) is 0 Å². The quantitative estimate of drug-likeness (QED) is 0.415. The summed E-state index contributed by atoms with van der Waals surface area (Å²) in [6.45, 7) is 3.19. The van der Waals surface area contributed by atoms with Crippen LogP contribution in [0.2, 0.25) is 5.02 Å². The third-order valence-electron chi connectivity index (χ3n) is 5.00. The summed E-state index contributed by atoms with van der Waals surface area (Å²) >= 11 is 6.18. The van der Waals surface area contributed by atoms with Gasteiger partial charge < -0.3 is 14.8 Å². The summed E-state index contributed by atoms with van der Waals surface area (Å²) in [6.07, 6.45) is 0. The van der Waals surface area contributed by atoms with Gasteiger partial charge in [-0.25, -0.2) is 13.2 Å². The molecule has 8 nitrogen and oxygen atoms in total. The number of rotatable bonds is 9. The number of carbonyl (C=O) groups excluding carboxylic acids is 2. The van der Waals surface area contributed by atoms with Crippen LogP contribution in [-0.4, -0.2) is 40.6 Å². The Balaban J connectivity index is 1.92. The molecule has 1 N–H and O–H groups in total. The highest BCUT2D eigenvalue weighted by atomic mass is 35.5. The average molecular weight is 517 g/mol. The number of hydrogen-bond donors (Lipinski definition) is 1. The smallest absolute Gasteiger partial charge is 0.339 e. The Morgan fingerprint density at radius 3 is 2.34 bits per heavy atom. The minimum Gasteiger partial charge on any atom is -0.495 e. The van der Waals surface area contributed by atoms with Crippen LogP contribution in [0.25, 0.3) is 0 Å². The Kier molecular flexibility index (Phi) is 8.37. The number of benzene rings is 3. The fourth-order valence-corrected chi connectivity index (χ4v) is 4.96. The maximum Gasteiger partial charge on any atom is 0.339 e. The molecule has 0 radical (unpaired) electrons. The molecule has 184 valence electrons. The summed E-state index contributed by atoms with van der Waals surface area (Å²) in [6, 6.07) is 17.2. The standard InChI is InChI=1S/C25H25ClN2O6S/c1-4-34-25(30)20-14-11-18(15-21(20)26)27-24(29)16-28(22-7-5-6-8-23(22)33-3)35(31,32)19-12-9-17(2)10-13-19/h5-15H,4,16H2,1-3H3,(H,27,29). The first-order valence-corrected chi connectivity index (χ1v) is 12.5. The summed E-state index contributed by atoms with van der Waals surface area (Å²) in [7, 11) is -2.70. The van der Waals surface area contributed by atoms with Crippen molar-refractivity contribution in [1.29, 1.82) is 0 Å². The number of sulfonamides is 1. The third kappa shape index (κ3) is 6.12. The second kappa shape index (κ2) is 11.2. The highest BCUT2D eigenvalue weighted by molar-refractivity contribution is 7.92. The number of para-hydroxylation sites is 2. The van der Waals surface area contributed by atoms with E-state index in [1.165, 1.54) is 37.4 Å². The van der Waals surface area contributed by atoms with Crippen molar-refractivity contribution in [2.75, 3.05) is 29.9 Å². The molecule has 0 fully saturated rings. The van der Waals surface area contributed by atoms with E-state index in [1.807, 2.05) is 6.92 Å². The number of halogens is 1. The second-order valence-electron chi connectivity index (χ2n) is 7.46. The van der Waals surface area contributed by atoms with Crippen molar-refractivity contribution in [3.8, 4) is 5.75 Å². The minimum absolute atomic E-state index is 0.0311. The molecule has 35 heavy (non-hydrogen) atoms. The molecule has 3 rings (SSSR count). The molecule has 0 bridgehead atoms. The van der Waals surface area contributed by atoms with Crippen LogP contribution in [0.3, 0.4) is 0 Å². The first kappa shape index (κ1) is 26.1. The predicted molar refractivity (Wildman–Crippen MR) is 135 cm³/mol. The van der Waals surface area contributed by atoms with Crippen molar-refractivity contribution in [3.63, 3.8) is 0 Å². The number of ether oxygens (including phenoxy) is 2. The van der Waals surface area contributed by atoms with Crippen LogP contribution in [0, 0.1) is 6.92 Å². The van der Waals surface area contributed by atoms with Gasteiger partial charge in [0.25, 0.3) is 10.0 Å². The first-order chi connectivity index (χ1) is 16.7. The van der Waals surface area contributed by atoms with Crippen molar-refractivity contribution in [1.82, 2.24) is 0 Å². The maximum absolute atomic E-state index is 13.6. The minimum atomic E-state index is -4.12. The average Bonchev–Trinajstić information content (AvgIpc) is 2.83. The van der Waals surface area contributed by atoms with Gasteiger partial charge in [-0.3, -0.25) is 9.10 Å². The van der Waals surface area contributed by atoms with Gasteiger partial charge in [-0.1, -0.05) is 41.4 Å². The molecule has 0 aliphatic heterocycles. The number of aryl methyl sites for hydroxylation is 1. The maximum atomic E-state index is 13.6. The molecule has 0 saturated carbocycles. The first-order valence-electron chi connectivity index (χ1n) is 10.7. The molecule has 0 aliphatic rings. The molecule has 0 saturated heterocycles. The van der Waals surface area contributed by atoms with Crippen molar-refractivity contribution >= 4 is 44.9 Å². The van der Waals surface area contributed by atoms with Crippen LogP contribution in [0.1, 0.15) is 22.8 Å². The Morgan fingerprint density at radius 2 is 1.71 bits per heavy atom. The van der Waals surface area contributed by atoms with Crippen LogP contribution < -0.4 is 14.4 Å². The monoisotopic (exact) mass is 516 g/mol. The van der Waals surface area contributed by atoms with E-state index in [1.54, 1.807) is 43.3 Å². The summed E-state index contributed by atoms with van der Waals surface area (Å²) in [4.78, 5) is 24.9. The normalized spacial score (nSPS) is 11.0. The molecule has 3 aromatic carbocycles. The Morgan fingerprint density at radius 1 is 1.03 bits per heavy atom. The lowest BCUT2D eigenvalue weighted by Gasteiger charge is -2.25. The number of nitrogens with one attached hydrogen (secondary N) is 1. The van der Waals surface area contributed by atoms with Gasteiger partial charge in [0.1, 0.15) is 12.3 Å². The molecule has 0 unspecified atom stereocenters. The van der Waals surface area contributed by atoms with E-state index in [-0.39, 0.29) is 33.5 Å². The fourth-order valence-electron chi connectivity index (χ4n) is 3.27. The fraction of sp³-hybridized carbons (Fsp3) is 0.200. The van der Waals surface area contributed by atoms with E-state index in [4.69, 9.17) is 21.1 Å². The predicted octanol–water partition coefficient (Wildman–Crippen LogP) is 4.67. The van der Waals surface area contributed by atoms with Gasteiger partial charge in [0.2, 0.25) is 5.91 Å². The molecule has 0 aromatic heterocycles. The third-order valence-corrected chi connectivity index (χ3v) is 7.08.